The first-order valence-corrected chi connectivity index (χ1v) is 4.03. The summed E-state index contributed by atoms with van der Waals surface area (Å²) < 4.78 is 4.98. The van der Waals surface area contributed by atoms with Gasteiger partial charge in [0.25, 0.3) is 0 Å². The first-order chi connectivity index (χ1) is 6.70. The van der Waals surface area contributed by atoms with Crippen LogP contribution >= 0.6 is 0 Å². The minimum Gasteiger partial charge on any atom is -0.496 e. The highest BCUT2D eigenvalue weighted by atomic mass is 16.5. The molecule has 1 unspecified atom stereocenters. The molecule has 0 aliphatic rings. The second-order valence-electron chi connectivity index (χ2n) is 2.67. The minimum atomic E-state index is -1.13. The van der Waals surface area contributed by atoms with Gasteiger partial charge in [-0.15, -0.1) is 0 Å². The second-order valence-corrected chi connectivity index (χ2v) is 2.67. The molecule has 0 fully saturated rings. The Labute approximate surface area is 81.9 Å². The Morgan fingerprint density at radius 3 is 2.79 bits per heavy atom. The minimum absolute atomic E-state index is 0.337. The lowest BCUT2D eigenvalue weighted by Gasteiger charge is -2.07. The van der Waals surface area contributed by atoms with Crippen LogP contribution in [0, 0.1) is 11.3 Å². The normalized spacial score (nSPS) is 11.5. The standard InChI is InChI=1S/C10H10N2O2/c1-14-9-5-3-2-4-7(9)10(13)8(12)6-11/h2-5,8H,12H2,1H3. The summed E-state index contributed by atoms with van der Waals surface area (Å²) in [5.41, 5.74) is 5.64. The highest BCUT2D eigenvalue weighted by Crippen LogP contribution is 2.18. The molecule has 0 amide bonds. The van der Waals surface area contributed by atoms with Crippen LogP contribution in [0.3, 0.4) is 0 Å². The number of carbonyl (C=O) groups excluding carboxylic acids is 1. The molecular weight excluding hydrogens is 180 g/mol. The van der Waals surface area contributed by atoms with E-state index in [9.17, 15) is 4.79 Å². The van der Waals surface area contributed by atoms with Gasteiger partial charge in [0, 0.05) is 0 Å². The molecular formula is C10H10N2O2. The summed E-state index contributed by atoms with van der Waals surface area (Å²) in [5.74, 6) is 0.00755. The number of rotatable bonds is 3. The van der Waals surface area contributed by atoms with Crippen molar-refractivity contribution in [3.05, 3.63) is 29.8 Å². The van der Waals surface area contributed by atoms with E-state index in [0.717, 1.165) is 0 Å². The lowest BCUT2D eigenvalue weighted by Crippen LogP contribution is -2.28. The highest BCUT2D eigenvalue weighted by molar-refractivity contribution is 6.03. The Bertz CT molecular complexity index is 382. The van der Waals surface area contributed by atoms with Crippen LogP contribution < -0.4 is 10.5 Å². The van der Waals surface area contributed by atoms with Gasteiger partial charge in [0.2, 0.25) is 0 Å². The van der Waals surface area contributed by atoms with E-state index in [4.69, 9.17) is 15.7 Å². The first kappa shape index (κ1) is 10.2. The smallest absolute Gasteiger partial charge is 0.197 e. The molecule has 14 heavy (non-hydrogen) atoms. The van der Waals surface area contributed by atoms with Crippen LogP contribution in [0.15, 0.2) is 24.3 Å². The molecule has 1 aromatic carbocycles. The molecule has 0 bridgehead atoms. The number of carbonyl (C=O) groups is 1. The van der Waals surface area contributed by atoms with Crippen molar-refractivity contribution in [1.82, 2.24) is 0 Å². The quantitative estimate of drug-likeness (QED) is 0.713. The molecule has 1 aromatic rings. The van der Waals surface area contributed by atoms with Gasteiger partial charge in [0.1, 0.15) is 5.75 Å². The molecule has 0 saturated heterocycles. The van der Waals surface area contributed by atoms with Crippen LogP contribution in [0.25, 0.3) is 0 Å². The fourth-order valence-corrected chi connectivity index (χ4v) is 1.07. The SMILES string of the molecule is COc1ccccc1C(=O)C(N)C#N. The number of nitriles is 1. The highest BCUT2D eigenvalue weighted by Gasteiger charge is 2.18. The first-order valence-electron chi connectivity index (χ1n) is 4.03. The van der Waals surface area contributed by atoms with E-state index in [-0.39, 0.29) is 0 Å². The zero-order valence-electron chi connectivity index (χ0n) is 7.73. The summed E-state index contributed by atoms with van der Waals surface area (Å²) in [5, 5.41) is 8.49. The Morgan fingerprint density at radius 1 is 1.57 bits per heavy atom. The van der Waals surface area contributed by atoms with Crippen LogP contribution in [0.1, 0.15) is 10.4 Å². The summed E-state index contributed by atoms with van der Waals surface area (Å²) in [4.78, 5) is 11.5. The van der Waals surface area contributed by atoms with E-state index < -0.39 is 11.8 Å². The van der Waals surface area contributed by atoms with E-state index in [1.54, 1.807) is 30.3 Å². The summed E-state index contributed by atoms with van der Waals surface area (Å²) >= 11 is 0. The number of para-hydroxylation sites is 1. The average molecular weight is 190 g/mol. The lowest BCUT2D eigenvalue weighted by molar-refractivity contribution is 0.0977. The number of Topliss-reactive ketones (excluding diaryl/α,β-unsaturated/α-hetero) is 1. The average Bonchev–Trinajstić information content (AvgIpc) is 2.26. The Kier molecular flexibility index (Phi) is 3.21. The van der Waals surface area contributed by atoms with Crippen molar-refractivity contribution in [2.45, 2.75) is 6.04 Å². The van der Waals surface area contributed by atoms with Gasteiger partial charge in [0.05, 0.1) is 18.7 Å². The maximum Gasteiger partial charge on any atom is 0.197 e. The molecule has 4 heteroatoms. The van der Waals surface area contributed by atoms with Crippen molar-refractivity contribution in [2.24, 2.45) is 5.73 Å². The monoisotopic (exact) mass is 190 g/mol. The number of ether oxygens (including phenoxy) is 1. The number of hydrogen-bond donors (Lipinski definition) is 1. The fourth-order valence-electron chi connectivity index (χ4n) is 1.07. The summed E-state index contributed by atoms with van der Waals surface area (Å²) in [6.45, 7) is 0. The van der Waals surface area contributed by atoms with E-state index in [1.165, 1.54) is 7.11 Å². The predicted octanol–water partition coefficient (Wildman–Crippen LogP) is 0.729. The van der Waals surface area contributed by atoms with Crippen LogP contribution in [0.4, 0.5) is 0 Å². The molecule has 0 saturated carbocycles. The van der Waals surface area contributed by atoms with Crippen molar-refractivity contribution in [2.75, 3.05) is 7.11 Å². The van der Waals surface area contributed by atoms with Crippen LogP contribution in [0.5, 0.6) is 5.75 Å². The summed E-state index contributed by atoms with van der Waals surface area (Å²) in [6, 6.07) is 7.22. The predicted molar refractivity (Wildman–Crippen MR) is 50.9 cm³/mol. The van der Waals surface area contributed by atoms with Gasteiger partial charge in [-0.2, -0.15) is 5.26 Å². The van der Waals surface area contributed by atoms with E-state index in [0.29, 0.717) is 11.3 Å². The van der Waals surface area contributed by atoms with E-state index in [2.05, 4.69) is 0 Å². The fraction of sp³-hybridized carbons (Fsp3) is 0.200. The summed E-state index contributed by atoms with van der Waals surface area (Å²) in [6.07, 6.45) is 0. The second kappa shape index (κ2) is 4.40. The van der Waals surface area contributed by atoms with Crippen molar-refractivity contribution in [3.8, 4) is 11.8 Å². The third-order valence-electron chi connectivity index (χ3n) is 1.79. The molecule has 1 atom stereocenters. The van der Waals surface area contributed by atoms with Crippen LogP contribution in [-0.4, -0.2) is 18.9 Å². The third kappa shape index (κ3) is 1.90. The molecule has 0 radical (unpaired) electrons. The van der Waals surface area contributed by atoms with Gasteiger partial charge < -0.3 is 10.5 Å². The molecule has 2 N–H and O–H groups in total. The van der Waals surface area contributed by atoms with Crippen molar-refractivity contribution < 1.29 is 9.53 Å². The zero-order chi connectivity index (χ0) is 10.6. The topological polar surface area (TPSA) is 76.1 Å². The third-order valence-corrected chi connectivity index (χ3v) is 1.79. The molecule has 0 aliphatic heterocycles. The number of benzene rings is 1. The van der Waals surface area contributed by atoms with Crippen molar-refractivity contribution in [3.63, 3.8) is 0 Å². The maximum absolute atomic E-state index is 11.5. The molecule has 0 heterocycles. The number of methoxy groups -OCH3 is 1. The van der Waals surface area contributed by atoms with Gasteiger partial charge in [-0.25, -0.2) is 0 Å². The molecule has 0 spiro atoms. The van der Waals surface area contributed by atoms with Gasteiger partial charge in [0.15, 0.2) is 11.8 Å². The molecule has 72 valence electrons. The number of nitrogens with two attached hydrogens (primary N) is 1. The lowest BCUT2D eigenvalue weighted by atomic mass is 10.0. The van der Waals surface area contributed by atoms with Crippen LogP contribution in [0.2, 0.25) is 0 Å². The van der Waals surface area contributed by atoms with Gasteiger partial charge >= 0.3 is 0 Å². The summed E-state index contributed by atoms with van der Waals surface area (Å²) in [7, 11) is 1.46. The van der Waals surface area contributed by atoms with Crippen molar-refractivity contribution in [1.29, 1.82) is 5.26 Å². The molecule has 1 rings (SSSR count). The molecule has 0 aromatic heterocycles. The van der Waals surface area contributed by atoms with E-state index >= 15 is 0 Å². The Hall–Kier alpha value is -1.86. The van der Waals surface area contributed by atoms with Gasteiger partial charge in [-0.05, 0) is 12.1 Å². The zero-order valence-corrected chi connectivity index (χ0v) is 7.73. The number of nitrogens with zero attached hydrogens (tertiary/aromatic N) is 1. The Balaban J connectivity index is 3.07. The Morgan fingerprint density at radius 2 is 2.21 bits per heavy atom. The largest absolute Gasteiger partial charge is 0.496 e. The van der Waals surface area contributed by atoms with Gasteiger partial charge in [-0.3, -0.25) is 4.79 Å². The number of hydrogen-bond acceptors (Lipinski definition) is 4. The van der Waals surface area contributed by atoms with E-state index in [1.807, 2.05) is 0 Å². The molecule has 0 aliphatic carbocycles. The van der Waals surface area contributed by atoms with Crippen molar-refractivity contribution >= 4 is 5.78 Å². The molecule has 4 nitrogen and oxygen atoms in total. The maximum atomic E-state index is 11.5. The number of ketones is 1. The van der Waals surface area contributed by atoms with Gasteiger partial charge in [-0.1, -0.05) is 12.1 Å². The van der Waals surface area contributed by atoms with Crippen LogP contribution in [-0.2, 0) is 0 Å².